The molecule has 0 saturated carbocycles. The van der Waals surface area contributed by atoms with E-state index in [1.807, 2.05) is 24.3 Å². The molecule has 0 unspecified atom stereocenters. The number of nitrogens with one attached hydrogen (secondary N) is 2. The second kappa shape index (κ2) is 5.49. The van der Waals surface area contributed by atoms with Gasteiger partial charge in [-0.05, 0) is 24.3 Å². The Morgan fingerprint density at radius 2 is 2.10 bits per heavy atom. The number of fused-ring (bicyclic) bond motifs is 1. The minimum absolute atomic E-state index is 0.0545. The first-order chi connectivity index (χ1) is 10.2. The largest absolute Gasteiger partial charge is 0.463 e. The van der Waals surface area contributed by atoms with Crippen LogP contribution in [0.5, 0.6) is 0 Å². The van der Waals surface area contributed by atoms with Crippen molar-refractivity contribution in [1.82, 2.24) is 25.8 Å². The number of hydrogen-bond acceptors (Lipinski definition) is 5. The molecule has 0 fully saturated rings. The van der Waals surface area contributed by atoms with Gasteiger partial charge < -0.3 is 4.42 Å². The van der Waals surface area contributed by atoms with Crippen LogP contribution in [0.1, 0.15) is 5.76 Å². The lowest BCUT2D eigenvalue weighted by molar-refractivity contribution is -0.122. The van der Waals surface area contributed by atoms with Gasteiger partial charge in [-0.3, -0.25) is 15.6 Å². The van der Waals surface area contributed by atoms with Crippen molar-refractivity contribution < 1.29 is 9.21 Å². The van der Waals surface area contributed by atoms with Crippen LogP contribution in [0.4, 0.5) is 0 Å². The Balaban J connectivity index is 1.60. The summed E-state index contributed by atoms with van der Waals surface area (Å²) in [6.07, 6.45) is 1.53. The number of para-hydroxylation sites is 1. The van der Waals surface area contributed by atoms with Crippen molar-refractivity contribution in [2.24, 2.45) is 0 Å². The molecule has 21 heavy (non-hydrogen) atoms. The Labute approximate surface area is 120 Å². The maximum atomic E-state index is 11.9. The van der Waals surface area contributed by atoms with Gasteiger partial charge in [-0.15, -0.1) is 5.10 Å². The molecule has 2 heterocycles. The number of carbonyl (C=O) groups excluding carboxylic acids is 1. The molecule has 0 aliphatic rings. The Morgan fingerprint density at radius 1 is 1.24 bits per heavy atom. The van der Waals surface area contributed by atoms with Crippen LogP contribution in [0.3, 0.4) is 0 Å². The molecule has 0 radical (unpaired) electrons. The number of aromatic nitrogens is 3. The lowest BCUT2D eigenvalue weighted by atomic mass is 10.3. The van der Waals surface area contributed by atoms with Crippen LogP contribution in [0, 0.1) is 0 Å². The quantitative estimate of drug-likeness (QED) is 0.690. The third-order valence-corrected chi connectivity index (χ3v) is 2.89. The van der Waals surface area contributed by atoms with Crippen LogP contribution in [-0.2, 0) is 11.3 Å². The highest BCUT2D eigenvalue weighted by Crippen LogP contribution is 2.10. The average Bonchev–Trinajstić information content (AvgIpc) is 3.15. The van der Waals surface area contributed by atoms with Crippen LogP contribution < -0.4 is 10.9 Å². The number of nitrogens with zero attached hydrogens (tertiary/aromatic N) is 3. The molecule has 0 aliphatic carbocycles. The molecule has 0 saturated heterocycles. The zero-order valence-corrected chi connectivity index (χ0v) is 11.1. The topological polar surface area (TPSA) is 85.0 Å². The second-order valence-corrected chi connectivity index (χ2v) is 4.36. The Hall–Kier alpha value is -3.09. The standard InChI is InChI=1S/C14H13N5O2/c1-10(13-7-4-8-21-13)15-17-14(20)9-19-12-6-3-2-5-11(12)16-18-19/h2-8,15H,1,9H2,(H,17,20). The lowest BCUT2D eigenvalue weighted by Crippen LogP contribution is -2.38. The zero-order chi connectivity index (χ0) is 14.7. The minimum Gasteiger partial charge on any atom is -0.463 e. The molecule has 2 N–H and O–H groups in total. The summed E-state index contributed by atoms with van der Waals surface area (Å²) < 4.78 is 6.68. The highest BCUT2D eigenvalue weighted by molar-refractivity contribution is 5.80. The molecule has 106 valence electrons. The van der Waals surface area contributed by atoms with Crippen molar-refractivity contribution in [2.75, 3.05) is 0 Å². The molecular formula is C14H13N5O2. The normalized spacial score (nSPS) is 10.5. The third-order valence-electron chi connectivity index (χ3n) is 2.89. The van der Waals surface area contributed by atoms with Gasteiger partial charge in [-0.25, -0.2) is 4.68 Å². The van der Waals surface area contributed by atoms with E-state index in [1.165, 1.54) is 10.9 Å². The van der Waals surface area contributed by atoms with Crippen molar-refractivity contribution in [3.05, 3.63) is 55.0 Å². The van der Waals surface area contributed by atoms with Crippen LogP contribution in [0.2, 0.25) is 0 Å². The van der Waals surface area contributed by atoms with E-state index in [0.29, 0.717) is 11.5 Å². The van der Waals surface area contributed by atoms with Gasteiger partial charge in [0.15, 0.2) is 5.76 Å². The van der Waals surface area contributed by atoms with Gasteiger partial charge in [0.05, 0.1) is 17.5 Å². The molecule has 1 aromatic carbocycles. The molecule has 0 atom stereocenters. The second-order valence-electron chi connectivity index (χ2n) is 4.36. The van der Waals surface area contributed by atoms with Gasteiger partial charge in [0.2, 0.25) is 0 Å². The SMILES string of the molecule is C=C(NNC(=O)Cn1nnc2ccccc21)c1ccco1. The predicted octanol–water partition coefficient (Wildman–Crippen LogP) is 1.32. The number of hydrogen-bond donors (Lipinski definition) is 2. The maximum absolute atomic E-state index is 11.9. The van der Waals surface area contributed by atoms with Crippen molar-refractivity contribution >= 4 is 22.6 Å². The van der Waals surface area contributed by atoms with E-state index in [0.717, 1.165) is 11.0 Å². The summed E-state index contributed by atoms with van der Waals surface area (Å²) >= 11 is 0. The highest BCUT2D eigenvalue weighted by atomic mass is 16.3. The molecule has 3 aromatic rings. The number of carbonyl (C=O) groups is 1. The highest BCUT2D eigenvalue weighted by Gasteiger charge is 2.09. The predicted molar refractivity (Wildman–Crippen MR) is 76.5 cm³/mol. The molecule has 0 spiro atoms. The van der Waals surface area contributed by atoms with Gasteiger partial charge in [0.1, 0.15) is 12.1 Å². The van der Waals surface area contributed by atoms with Crippen molar-refractivity contribution in [2.45, 2.75) is 6.54 Å². The smallest absolute Gasteiger partial charge is 0.260 e. The summed E-state index contributed by atoms with van der Waals surface area (Å²) in [7, 11) is 0. The maximum Gasteiger partial charge on any atom is 0.260 e. The molecule has 7 nitrogen and oxygen atoms in total. The van der Waals surface area contributed by atoms with Gasteiger partial charge in [-0.2, -0.15) is 0 Å². The van der Waals surface area contributed by atoms with Crippen molar-refractivity contribution in [3.8, 4) is 0 Å². The molecule has 2 aromatic heterocycles. The fraction of sp³-hybridized carbons (Fsp3) is 0.0714. The van der Waals surface area contributed by atoms with Gasteiger partial charge in [-0.1, -0.05) is 23.9 Å². The van der Waals surface area contributed by atoms with Crippen LogP contribution in [-0.4, -0.2) is 20.9 Å². The first-order valence-corrected chi connectivity index (χ1v) is 6.30. The fourth-order valence-electron chi connectivity index (χ4n) is 1.87. The molecule has 7 heteroatoms. The van der Waals surface area contributed by atoms with E-state index >= 15 is 0 Å². The number of hydrazine groups is 1. The summed E-state index contributed by atoms with van der Waals surface area (Å²) in [6.45, 7) is 3.82. The molecule has 0 bridgehead atoms. The number of furan rings is 1. The first-order valence-electron chi connectivity index (χ1n) is 6.30. The first kappa shape index (κ1) is 12.9. The Kier molecular flexibility index (Phi) is 3.38. The molecule has 0 aliphatic heterocycles. The summed E-state index contributed by atoms with van der Waals surface area (Å²) in [6, 6.07) is 10.9. The Bertz CT molecular complexity index is 776. The molecular weight excluding hydrogens is 270 g/mol. The van der Waals surface area contributed by atoms with E-state index in [2.05, 4.69) is 27.7 Å². The van der Waals surface area contributed by atoms with Crippen LogP contribution in [0.15, 0.2) is 53.7 Å². The fourth-order valence-corrected chi connectivity index (χ4v) is 1.87. The van der Waals surface area contributed by atoms with E-state index in [1.54, 1.807) is 12.1 Å². The van der Waals surface area contributed by atoms with Crippen molar-refractivity contribution in [3.63, 3.8) is 0 Å². The number of rotatable bonds is 5. The van der Waals surface area contributed by atoms with E-state index < -0.39 is 0 Å². The average molecular weight is 283 g/mol. The monoisotopic (exact) mass is 283 g/mol. The summed E-state index contributed by atoms with van der Waals surface area (Å²) in [5.41, 5.74) is 7.25. The van der Waals surface area contributed by atoms with Crippen molar-refractivity contribution in [1.29, 1.82) is 0 Å². The van der Waals surface area contributed by atoms with E-state index in [4.69, 9.17) is 4.42 Å². The number of amides is 1. The number of benzene rings is 1. The minimum atomic E-state index is -0.265. The Morgan fingerprint density at radius 3 is 2.90 bits per heavy atom. The van der Waals surface area contributed by atoms with Gasteiger partial charge >= 0.3 is 0 Å². The van der Waals surface area contributed by atoms with Gasteiger partial charge in [0, 0.05) is 0 Å². The van der Waals surface area contributed by atoms with E-state index in [9.17, 15) is 4.79 Å². The lowest BCUT2D eigenvalue weighted by Gasteiger charge is -2.09. The summed E-state index contributed by atoms with van der Waals surface area (Å²) in [4.78, 5) is 11.9. The third kappa shape index (κ3) is 2.76. The van der Waals surface area contributed by atoms with Crippen LogP contribution >= 0.6 is 0 Å². The zero-order valence-electron chi connectivity index (χ0n) is 11.1. The summed E-state index contributed by atoms with van der Waals surface area (Å²) in [5, 5.41) is 7.94. The summed E-state index contributed by atoms with van der Waals surface area (Å²) in [5.74, 6) is 0.292. The van der Waals surface area contributed by atoms with E-state index in [-0.39, 0.29) is 12.5 Å². The van der Waals surface area contributed by atoms with Crippen LogP contribution in [0.25, 0.3) is 16.7 Å². The van der Waals surface area contributed by atoms with Gasteiger partial charge in [0.25, 0.3) is 5.91 Å². The molecule has 3 rings (SSSR count). The molecule has 1 amide bonds.